The minimum atomic E-state index is -0.502. The molecular weight excluding hydrogens is 393 g/mol. The molecule has 1 aliphatic heterocycles. The molecule has 3 rings (SSSR count). The fourth-order valence-corrected chi connectivity index (χ4v) is 4.07. The van der Waals surface area contributed by atoms with Gasteiger partial charge in [-0.25, -0.2) is 0 Å². The van der Waals surface area contributed by atoms with Crippen LogP contribution in [0.15, 0.2) is 42.5 Å². The van der Waals surface area contributed by atoms with Crippen LogP contribution in [-0.4, -0.2) is 53.7 Å². The van der Waals surface area contributed by atoms with E-state index in [1.807, 2.05) is 44.2 Å². The Labute approximate surface area is 184 Å². The number of hydrogen-bond acceptors (Lipinski definition) is 5. The predicted octanol–water partition coefficient (Wildman–Crippen LogP) is 3.88. The van der Waals surface area contributed by atoms with Crippen LogP contribution < -0.4 is 4.74 Å². The predicted molar refractivity (Wildman–Crippen MR) is 120 cm³/mol. The van der Waals surface area contributed by atoms with Crippen molar-refractivity contribution >= 4 is 19.6 Å². The summed E-state index contributed by atoms with van der Waals surface area (Å²) < 4.78 is 5.75. The van der Waals surface area contributed by atoms with Gasteiger partial charge in [0.25, 0.3) is 5.91 Å². The second kappa shape index (κ2) is 9.96. The zero-order valence-electron chi connectivity index (χ0n) is 18.3. The molecule has 1 aliphatic rings. The lowest BCUT2D eigenvalue weighted by Gasteiger charge is -2.41. The summed E-state index contributed by atoms with van der Waals surface area (Å²) in [6, 6.07) is 12.3. The Hall–Kier alpha value is -2.87. The smallest absolute Gasteiger partial charge is 0.311 e. The maximum atomic E-state index is 13.5. The molecule has 2 aromatic rings. The van der Waals surface area contributed by atoms with E-state index >= 15 is 0 Å². The molecule has 0 saturated carbocycles. The second-order valence-corrected chi connectivity index (χ2v) is 8.26. The standard InChI is InChI=1S/C23H28BN3O4/c1-16(2)26(19-10-7-11-25(24)14-19)23(28)20-13-21(27(29)30)22(12-17(20)3)31-15-18-8-5-4-6-9-18/h4-6,8-9,12-13,16,19H,7,10-11,14-15H2,1-3H3/t19-/m1/s1. The van der Waals surface area contributed by atoms with Crippen LogP contribution in [0.5, 0.6) is 5.75 Å². The van der Waals surface area contributed by atoms with Gasteiger partial charge in [-0.1, -0.05) is 30.3 Å². The minimum Gasteiger partial charge on any atom is -0.482 e. The van der Waals surface area contributed by atoms with Crippen LogP contribution in [0.4, 0.5) is 5.69 Å². The number of aryl methyl sites for hydroxylation is 1. The molecule has 1 saturated heterocycles. The van der Waals surface area contributed by atoms with Gasteiger partial charge in [-0.2, -0.15) is 0 Å². The zero-order chi connectivity index (χ0) is 22.5. The third-order valence-electron chi connectivity index (χ3n) is 5.58. The maximum Gasteiger partial charge on any atom is 0.311 e. The summed E-state index contributed by atoms with van der Waals surface area (Å²) in [5, 5.41) is 11.7. The molecule has 0 aliphatic carbocycles. The number of amides is 1. The van der Waals surface area contributed by atoms with E-state index < -0.39 is 4.92 Å². The molecule has 1 fully saturated rings. The fourth-order valence-electron chi connectivity index (χ4n) is 4.07. The summed E-state index contributed by atoms with van der Waals surface area (Å²) >= 11 is 0. The van der Waals surface area contributed by atoms with Crippen LogP contribution >= 0.6 is 0 Å². The molecule has 1 heterocycles. The Morgan fingerprint density at radius 2 is 2.03 bits per heavy atom. The topological polar surface area (TPSA) is 75.9 Å². The summed E-state index contributed by atoms with van der Waals surface area (Å²) in [6.07, 6.45) is 1.76. The van der Waals surface area contributed by atoms with Gasteiger partial charge in [0, 0.05) is 30.3 Å². The van der Waals surface area contributed by atoms with Crippen molar-refractivity contribution in [3.8, 4) is 5.75 Å². The van der Waals surface area contributed by atoms with Crippen LogP contribution in [0, 0.1) is 17.0 Å². The largest absolute Gasteiger partial charge is 0.482 e. The van der Waals surface area contributed by atoms with Crippen molar-refractivity contribution in [3.63, 3.8) is 0 Å². The SMILES string of the molecule is [B]N1CCC[C@@H](N(C(=O)c2cc([N+](=O)[O-])c(OCc3ccccc3)cc2C)C(C)C)C1. The first-order valence-corrected chi connectivity index (χ1v) is 10.6. The van der Waals surface area contributed by atoms with Gasteiger partial charge in [-0.15, -0.1) is 0 Å². The number of nitro benzene ring substituents is 1. The van der Waals surface area contributed by atoms with Gasteiger partial charge < -0.3 is 14.4 Å². The lowest BCUT2D eigenvalue weighted by Crippen LogP contribution is -2.52. The summed E-state index contributed by atoms with van der Waals surface area (Å²) in [4.78, 5) is 28.3. The number of piperidine rings is 1. The highest BCUT2D eigenvalue weighted by Gasteiger charge is 2.32. The molecule has 0 unspecified atom stereocenters. The van der Waals surface area contributed by atoms with Crippen molar-refractivity contribution in [2.75, 3.05) is 13.1 Å². The summed E-state index contributed by atoms with van der Waals surface area (Å²) in [5.74, 6) is -0.0599. The van der Waals surface area contributed by atoms with E-state index in [0.717, 1.165) is 24.9 Å². The number of carbonyl (C=O) groups is 1. The van der Waals surface area contributed by atoms with Crippen molar-refractivity contribution < 1.29 is 14.5 Å². The Morgan fingerprint density at radius 1 is 1.32 bits per heavy atom. The molecule has 0 bridgehead atoms. The Balaban J connectivity index is 1.90. The van der Waals surface area contributed by atoms with Crippen LogP contribution in [0.1, 0.15) is 48.2 Å². The van der Waals surface area contributed by atoms with Crippen LogP contribution in [0.25, 0.3) is 0 Å². The van der Waals surface area contributed by atoms with Gasteiger partial charge in [0.1, 0.15) is 6.61 Å². The van der Waals surface area contributed by atoms with Gasteiger partial charge in [0.15, 0.2) is 13.7 Å². The van der Waals surface area contributed by atoms with E-state index in [2.05, 4.69) is 0 Å². The molecule has 1 atom stereocenters. The first-order chi connectivity index (χ1) is 14.8. The number of nitro groups is 1. The molecule has 2 radical (unpaired) electrons. The van der Waals surface area contributed by atoms with Crippen molar-refractivity contribution in [2.45, 2.75) is 52.3 Å². The number of hydrogen-bond donors (Lipinski definition) is 0. The highest BCUT2D eigenvalue weighted by atomic mass is 16.6. The lowest BCUT2D eigenvalue weighted by atomic mass is 9.97. The van der Waals surface area contributed by atoms with Crippen molar-refractivity contribution in [1.82, 2.24) is 9.71 Å². The van der Waals surface area contributed by atoms with Gasteiger partial charge in [0.05, 0.1) is 4.92 Å². The second-order valence-electron chi connectivity index (χ2n) is 8.26. The molecule has 31 heavy (non-hydrogen) atoms. The number of benzene rings is 2. The van der Waals surface area contributed by atoms with Gasteiger partial charge in [-0.3, -0.25) is 14.9 Å². The highest BCUT2D eigenvalue weighted by Crippen LogP contribution is 2.33. The molecule has 162 valence electrons. The summed E-state index contributed by atoms with van der Waals surface area (Å²) in [5.41, 5.74) is 1.66. The normalized spacial score (nSPS) is 16.8. The first kappa shape index (κ1) is 22.8. The lowest BCUT2D eigenvalue weighted by molar-refractivity contribution is -0.386. The van der Waals surface area contributed by atoms with Crippen molar-refractivity contribution in [2.24, 2.45) is 0 Å². The third kappa shape index (κ3) is 5.44. The maximum absolute atomic E-state index is 13.5. The fraction of sp³-hybridized carbons (Fsp3) is 0.435. The number of rotatable bonds is 7. The third-order valence-corrected chi connectivity index (χ3v) is 5.58. The minimum absolute atomic E-state index is 0.0290. The van der Waals surface area contributed by atoms with Crippen LogP contribution in [-0.2, 0) is 6.61 Å². The van der Waals surface area contributed by atoms with Crippen molar-refractivity contribution in [1.29, 1.82) is 0 Å². The van der Waals surface area contributed by atoms with E-state index in [1.54, 1.807) is 22.7 Å². The molecule has 2 aromatic carbocycles. The number of carbonyl (C=O) groups excluding carboxylic acids is 1. The first-order valence-electron chi connectivity index (χ1n) is 10.6. The Morgan fingerprint density at radius 3 is 2.65 bits per heavy atom. The molecule has 1 amide bonds. The summed E-state index contributed by atoms with van der Waals surface area (Å²) in [6.45, 7) is 7.28. The zero-order valence-corrected chi connectivity index (χ0v) is 18.3. The van der Waals surface area contributed by atoms with E-state index in [1.165, 1.54) is 6.07 Å². The average molecular weight is 421 g/mol. The summed E-state index contributed by atoms with van der Waals surface area (Å²) in [7, 11) is 5.99. The number of ether oxygens (including phenoxy) is 1. The van der Waals surface area contributed by atoms with Gasteiger partial charge in [-0.05, 0) is 57.4 Å². The quantitative estimate of drug-likeness (QED) is 0.385. The van der Waals surface area contributed by atoms with E-state index in [4.69, 9.17) is 12.7 Å². The van der Waals surface area contributed by atoms with Crippen molar-refractivity contribution in [3.05, 3.63) is 69.3 Å². The van der Waals surface area contributed by atoms with Gasteiger partial charge in [0.2, 0.25) is 0 Å². The van der Waals surface area contributed by atoms with Gasteiger partial charge >= 0.3 is 5.69 Å². The molecule has 8 heteroatoms. The Bertz CT molecular complexity index is 936. The average Bonchev–Trinajstić information content (AvgIpc) is 2.72. The van der Waals surface area contributed by atoms with Crippen LogP contribution in [0.2, 0.25) is 0 Å². The molecule has 7 nitrogen and oxygen atoms in total. The molecule has 0 N–H and O–H groups in total. The molecule has 0 spiro atoms. The van der Waals surface area contributed by atoms with E-state index in [0.29, 0.717) is 17.7 Å². The monoisotopic (exact) mass is 421 g/mol. The molecular formula is C23H28BN3O4. The molecule has 0 aromatic heterocycles. The highest BCUT2D eigenvalue weighted by molar-refractivity contribution is 6.04. The number of nitrogens with zero attached hydrogens (tertiary/aromatic N) is 3. The van der Waals surface area contributed by atoms with Crippen LogP contribution in [0.3, 0.4) is 0 Å². The van der Waals surface area contributed by atoms with E-state index in [9.17, 15) is 14.9 Å². The van der Waals surface area contributed by atoms with E-state index in [-0.39, 0.29) is 36.0 Å². The Kier molecular flexibility index (Phi) is 7.33.